The third-order valence-electron chi connectivity index (χ3n) is 5.27. The van der Waals surface area contributed by atoms with E-state index in [0.29, 0.717) is 13.0 Å². The fraction of sp³-hybridized carbons (Fsp3) is 0.733. The molecule has 0 aliphatic carbocycles. The third kappa shape index (κ3) is 37.8. The predicted octanol–water partition coefficient (Wildman–Crippen LogP) is 9.30. The number of aliphatic hydroxyl groups is 1. The van der Waals surface area contributed by atoms with Gasteiger partial charge >= 0.3 is 23.7 Å². The van der Waals surface area contributed by atoms with Crippen molar-refractivity contribution in [3.63, 3.8) is 0 Å². The Hall–Kier alpha value is -0.396. The maximum absolute atomic E-state index is 11.3. The molecule has 37 heavy (non-hydrogen) atoms. The van der Waals surface area contributed by atoms with Crippen LogP contribution < -0.4 is 0 Å². The topological polar surface area (TPSA) is 91.7 Å². The summed E-state index contributed by atoms with van der Waals surface area (Å²) in [6.45, 7) is 16.1. The van der Waals surface area contributed by atoms with Gasteiger partial charge in [0, 0.05) is 6.61 Å². The molecule has 0 radical (unpaired) electrons. The van der Waals surface area contributed by atoms with Gasteiger partial charge in [-0.05, 0) is 30.9 Å². The van der Waals surface area contributed by atoms with Crippen LogP contribution in [0.25, 0.3) is 0 Å². The molecule has 7 heteroatoms. The van der Waals surface area contributed by atoms with Crippen molar-refractivity contribution < 1.29 is 41.8 Å². The van der Waals surface area contributed by atoms with Gasteiger partial charge in [0.25, 0.3) is 10.1 Å². The Balaban J connectivity index is -0.000000297. The molecule has 5 nitrogen and oxygen atoms in total. The van der Waals surface area contributed by atoms with Crippen LogP contribution in [0.1, 0.15) is 136 Å². The molecule has 0 fully saturated rings. The van der Waals surface area contributed by atoms with Gasteiger partial charge in [0.2, 0.25) is 0 Å². The molecule has 218 valence electrons. The van der Waals surface area contributed by atoms with Crippen LogP contribution in [0, 0.1) is 13.8 Å². The molecule has 0 saturated carbocycles. The molecule has 0 bridgehead atoms. The summed E-state index contributed by atoms with van der Waals surface area (Å²) >= 11 is 0.750. The van der Waals surface area contributed by atoms with Gasteiger partial charge in [0.1, 0.15) is 0 Å². The first kappa shape index (κ1) is 43.7. The zero-order valence-electron chi connectivity index (χ0n) is 24.5. The molecule has 1 aromatic rings. The molecule has 1 aromatic carbocycles. The van der Waals surface area contributed by atoms with Gasteiger partial charge in [-0.1, -0.05) is 123 Å². The SMILES string of the molecule is CCCCCCCCCCCCc1ccccc1S(=O)(=O)O.CCCCO.[CH2-]CCC.[CH2-]CCC.[O]=[Ti+2]. The minimum atomic E-state index is -4.10. The first-order chi connectivity index (χ1) is 17.8. The Bertz CT molecular complexity index is 629. The number of aliphatic hydroxyl groups excluding tert-OH is 1. The van der Waals surface area contributed by atoms with Crippen LogP contribution in [0.15, 0.2) is 29.2 Å². The fourth-order valence-electron chi connectivity index (χ4n) is 2.92. The van der Waals surface area contributed by atoms with Crippen LogP contribution in [-0.2, 0) is 40.3 Å². The van der Waals surface area contributed by atoms with E-state index in [2.05, 4.69) is 41.5 Å². The van der Waals surface area contributed by atoms with E-state index in [4.69, 9.17) is 8.43 Å². The van der Waals surface area contributed by atoms with Crippen molar-refractivity contribution in [2.45, 2.75) is 142 Å². The Morgan fingerprint density at radius 2 is 1.05 bits per heavy atom. The second-order valence-corrected chi connectivity index (χ2v) is 10.2. The van der Waals surface area contributed by atoms with Crippen molar-refractivity contribution >= 4 is 10.1 Å². The van der Waals surface area contributed by atoms with Gasteiger partial charge in [-0.15, -0.1) is 0 Å². The molecule has 0 aliphatic rings. The van der Waals surface area contributed by atoms with Crippen molar-refractivity contribution in [1.29, 1.82) is 0 Å². The average molecular weight is 579 g/mol. The second kappa shape index (κ2) is 37.8. The van der Waals surface area contributed by atoms with Gasteiger partial charge in [-0.3, -0.25) is 4.55 Å². The van der Waals surface area contributed by atoms with E-state index in [0.717, 1.165) is 64.5 Å². The molecule has 0 atom stereocenters. The summed E-state index contributed by atoms with van der Waals surface area (Å²) in [5.74, 6) is 0. The van der Waals surface area contributed by atoms with Gasteiger partial charge < -0.3 is 19.0 Å². The molecular weight excluding hydrogens is 520 g/mol. The van der Waals surface area contributed by atoms with Crippen molar-refractivity contribution in [1.82, 2.24) is 0 Å². The Morgan fingerprint density at radius 3 is 1.38 bits per heavy atom. The molecule has 2 N–H and O–H groups in total. The molecule has 0 amide bonds. The standard InChI is InChI=1S/C18H30O3S.C4H10O.2C4H9.O.Ti/c1-2-3-4-5-6-7-8-9-10-11-14-17-15-12-13-16-18(17)22(19,20)21;1-2-3-4-5;2*1-3-4-2;;/h12-13,15-16H,2-11,14H2,1H3,(H,19,20,21);5H,2-4H2,1H3;2*1,3-4H2,2H3;;/q;;2*-1;;+2. The van der Waals surface area contributed by atoms with Crippen LogP contribution in [0.5, 0.6) is 0 Å². The third-order valence-corrected chi connectivity index (χ3v) is 6.22. The zero-order valence-corrected chi connectivity index (χ0v) is 26.9. The van der Waals surface area contributed by atoms with Crippen molar-refractivity contribution in [3.05, 3.63) is 43.7 Å². The molecular formula is C30H58O5STi. The van der Waals surface area contributed by atoms with Crippen molar-refractivity contribution in [2.24, 2.45) is 0 Å². The van der Waals surface area contributed by atoms with E-state index in [9.17, 15) is 13.0 Å². The molecule has 0 aliphatic heterocycles. The monoisotopic (exact) mass is 578 g/mol. The Morgan fingerprint density at radius 1 is 0.676 bits per heavy atom. The van der Waals surface area contributed by atoms with Gasteiger partial charge in [-0.25, -0.2) is 0 Å². The second-order valence-electron chi connectivity index (χ2n) is 8.80. The molecule has 1 rings (SSSR count). The van der Waals surface area contributed by atoms with E-state index in [-0.39, 0.29) is 4.90 Å². The molecule has 0 spiro atoms. The number of aryl methyl sites for hydroxylation is 1. The quantitative estimate of drug-likeness (QED) is 0.0883. The van der Waals surface area contributed by atoms with Gasteiger partial charge in [0.05, 0.1) is 4.90 Å². The van der Waals surface area contributed by atoms with E-state index >= 15 is 0 Å². The first-order valence-electron chi connectivity index (χ1n) is 14.2. The van der Waals surface area contributed by atoms with E-state index in [1.54, 1.807) is 12.1 Å². The van der Waals surface area contributed by atoms with Crippen LogP contribution in [0.3, 0.4) is 0 Å². The summed E-state index contributed by atoms with van der Waals surface area (Å²) in [6, 6.07) is 6.73. The van der Waals surface area contributed by atoms with Crippen LogP contribution in [0.2, 0.25) is 0 Å². The number of hydrogen-bond acceptors (Lipinski definition) is 4. The molecule has 0 saturated heterocycles. The summed E-state index contributed by atoms with van der Waals surface area (Å²) < 4.78 is 40.0. The normalized spacial score (nSPS) is 9.89. The average Bonchev–Trinajstić information content (AvgIpc) is 2.91. The van der Waals surface area contributed by atoms with E-state index < -0.39 is 10.1 Å². The predicted molar refractivity (Wildman–Crippen MR) is 155 cm³/mol. The summed E-state index contributed by atoms with van der Waals surface area (Å²) in [6.07, 6.45) is 19.9. The van der Waals surface area contributed by atoms with Crippen LogP contribution in [0.4, 0.5) is 0 Å². The fourth-order valence-corrected chi connectivity index (χ4v) is 3.67. The number of unbranched alkanes of at least 4 members (excludes halogenated alkanes) is 12. The number of benzene rings is 1. The maximum atomic E-state index is 11.3. The summed E-state index contributed by atoms with van der Waals surface area (Å²) in [4.78, 5) is 0.0610. The van der Waals surface area contributed by atoms with Crippen molar-refractivity contribution in [2.75, 3.05) is 6.61 Å². The van der Waals surface area contributed by atoms with E-state index in [1.165, 1.54) is 70.3 Å². The first-order valence-corrected chi connectivity index (χ1v) is 16.3. The van der Waals surface area contributed by atoms with E-state index in [1.807, 2.05) is 6.07 Å². The molecule has 0 unspecified atom stereocenters. The Labute approximate surface area is 243 Å². The minimum absolute atomic E-state index is 0.0610. The summed E-state index contributed by atoms with van der Waals surface area (Å²) in [5, 5.41) is 8.07. The summed E-state index contributed by atoms with van der Waals surface area (Å²) in [7, 11) is -4.10. The van der Waals surface area contributed by atoms with Crippen LogP contribution >= 0.6 is 0 Å². The number of rotatable bonds is 16. The number of hydrogen-bond donors (Lipinski definition) is 2. The van der Waals surface area contributed by atoms with Gasteiger partial charge in [0.15, 0.2) is 0 Å². The summed E-state index contributed by atoms with van der Waals surface area (Å²) in [5.41, 5.74) is 0.726. The van der Waals surface area contributed by atoms with Gasteiger partial charge in [-0.2, -0.15) is 21.3 Å². The van der Waals surface area contributed by atoms with Crippen molar-refractivity contribution in [3.8, 4) is 0 Å². The molecule has 0 aromatic heterocycles. The van der Waals surface area contributed by atoms with Crippen LogP contribution in [-0.4, -0.2) is 24.7 Å². The Kier molecular flexibility index (Phi) is 44.5. The molecule has 0 heterocycles. The zero-order chi connectivity index (χ0) is 29.2.